The molecule has 1 N–H and O–H groups in total. The number of nitrogens with zero attached hydrogens (tertiary/aromatic N) is 1. The van der Waals surface area contributed by atoms with Gasteiger partial charge in [0, 0.05) is 5.02 Å². The molecule has 0 unspecified atom stereocenters. The zero-order chi connectivity index (χ0) is 17.4. The van der Waals surface area contributed by atoms with Gasteiger partial charge in [0.25, 0.3) is 5.91 Å². The lowest BCUT2D eigenvalue weighted by Crippen LogP contribution is -2.24. The maximum Gasteiger partial charge on any atom is 0.277 e. The van der Waals surface area contributed by atoms with E-state index in [2.05, 4.69) is 10.5 Å². The highest BCUT2D eigenvalue weighted by atomic mass is 35.5. The number of ether oxygens (including phenoxy) is 2. The molecule has 126 valence electrons. The van der Waals surface area contributed by atoms with E-state index in [1.807, 2.05) is 38.1 Å². The summed E-state index contributed by atoms with van der Waals surface area (Å²) < 4.78 is 10.7. The van der Waals surface area contributed by atoms with Gasteiger partial charge in [-0.3, -0.25) is 4.79 Å². The quantitative estimate of drug-likeness (QED) is 0.615. The zero-order valence-electron chi connectivity index (χ0n) is 13.6. The molecule has 0 heterocycles. The van der Waals surface area contributed by atoms with Crippen LogP contribution < -0.4 is 14.9 Å². The largest absolute Gasteiger partial charge is 0.494 e. The third-order valence-electron chi connectivity index (χ3n) is 3.09. The van der Waals surface area contributed by atoms with Crippen LogP contribution in [0.2, 0.25) is 5.02 Å². The van der Waals surface area contributed by atoms with E-state index in [0.29, 0.717) is 17.4 Å². The minimum Gasteiger partial charge on any atom is -0.494 e. The number of aryl methyl sites for hydroxylation is 1. The van der Waals surface area contributed by atoms with Crippen molar-refractivity contribution in [1.82, 2.24) is 5.43 Å². The first kappa shape index (κ1) is 17.8. The Hall–Kier alpha value is -2.53. The Bertz CT molecular complexity index is 715. The van der Waals surface area contributed by atoms with E-state index in [1.165, 1.54) is 0 Å². The number of hydrogen-bond donors (Lipinski definition) is 1. The lowest BCUT2D eigenvalue weighted by molar-refractivity contribution is -0.123. The normalized spacial score (nSPS) is 10.6. The van der Waals surface area contributed by atoms with Gasteiger partial charge in [0.05, 0.1) is 12.8 Å². The molecule has 0 aliphatic carbocycles. The number of nitrogens with one attached hydrogen (secondary N) is 1. The molecule has 0 saturated carbocycles. The minimum absolute atomic E-state index is 0.123. The predicted molar refractivity (Wildman–Crippen MR) is 95.0 cm³/mol. The summed E-state index contributed by atoms with van der Waals surface area (Å²) in [5, 5.41) is 4.55. The molecule has 6 heteroatoms. The summed E-state index contributed by atoms with van der Waals surface area (Å²) in [5.74, 6) is 1.04. The van der Waals surface area contributed by atoms with Crippen LogP contribution in [-0.4, -0.2) is 25.3 Å². The van der Waals surface area contributed by atoms with E-state index < -0.39 is 0 Å². The standard InChI is InChI=1S/C18H19ClN2O3/c1-3-23-15-6-4-14(5-7-15)11-20-21-18(22)12-24-16-8-9-17(19)13(2)10-16/h4-11H,3,12H2,1-2H3,(H,21,22)/b20-11-. The summed E-state index contributed by atoms with van der Waals surface area (Å²) in [7, 11) is 0. The monoisotopic (exact) mass is 346 g/mol. The van der Waals surface area contributed by atoms with E-state index in [0.717, 1.165) is 16.9 Å². The third-order valence-corrected chi connectivity index (χ3v) is 3.52. The number of rotatable bonds is 7. The van der Waals surface area contributed by atoms with Gasteiger partial charge in [0.15, 0.2) is 6.61 Å². The van der Waals surface area contributed by atoms with Crippen molar-refractivity contribution < 1.29 is 14.3 Å². The maximum atomic E-state index is 11.7. The molecule has 0 bridgehead atoms. The van der Waals surface area contributed by atoms with Crippen molar-refractivity contribution >= 4 is 23.7 Å². The van der Waals surface area contributed by atoms with Gasteiger partial charge >= 0.3 is 0 Å². The van der Waals surface area contributed by atoms with E-state index in [4.69, 9.17) is 21.1 Å². The number of amides is 1. The highest BCUT2D eigenvalue weighted by Gasteiger charge is 2.03. The van der Waals surface area contributed by atoms with E-state index in [9.17, 15) is 4.79 Å². The van der Waals surface area contributed by atoms with Crippen molar-refractivity contribution in [3.8, 4) is 11.5 Å². The minimum atomic E-state index is -0.343. The summed E-state index contributed by atoms with van der Waals surface area (Å²) in [6.45, 7) is 4.30. The Morgan fingerprint density at radius 3 is 2.54 bits per heavy atom. The third kappa shape index (κ3) is 5.59. The number of carbonyl (C=O) groups excluding carboxylic acids is 1. The lowest BCUT2D eigenvalue weighted by atomic mass is 10.2. The van der Waals surface area contributed by atoms with Crippen LogP contribution in [0.3, 0.4) is 0 Å². The first-order chi connectivity index (χ1) is 11.6. The Labute approximate surface area is 146 Å². The highest BCUT2D eigenvalue weighted by molar-refractivity contribution is 6.31. The molecule has 0 aliphatic rings. The average molecular weight is 347 g/mol. The SMILES string of the molecule is CCOc1ccc(/C=N\NC(=O)COc2ccc(Cl)c(C)c2)cc1. The highest BCUT2D eigenvalue weighted by Crippen LogP contribution is 2.20. The van der Waals surface area contributed by atoms with Gasteiger partial charge in [0.1, 0.15) is 11.5 Å². The second kappa shape index (κ2) is 8.93. The number of hydrogen-bond acceptors (Lipinski definition) is 4. The van der Waals surface area contributed by atoms with Crippen LogP contribution in [-0.2, 0) is 4.79 Å². The van der Waals surface area contributed by atoms with Crippen LogP contribution >= 0.6 is 11.6 Å². The summed E-state index contributed by atoms with van der Waals surface area (Å²) >= 11 is 5.94. The summed E-state index contributed by atoms with van der Waals surface area (Å²) in [5.41, 5.74) is 4.16. The Kier molecular flexibility index (Phi) is 6.63. The number of hydrazone groups is 1. The molecule has 0 saturated heterocycles. The van der Waals surface area contributed by atoms with E-state index in [-0.39, 0.29) is 12.5 Å². The lowest BCUT2D eigenvalue weighted by Gasteiger charge is -2.06. The molecule has 0 atom stereocenters. The van der Waals surface area contributed by atoms with E-state index >= 15 is 0 Å². The summed E-state index contributed by atoms with van der Waals surface area (Å²) in [6.07, 6.45) is 1.56. The van der Waals surface area contributed by atoms with Gasteiger partial charge in [-0.1, -0.05) is 11.6 Å². The number of benzene rings is 2. The van der Waals surface area contributed by atoms with Gasteiger partial charge in [-0.05, 0) is 67.4 Å². The molecule has 5 nitrogen and oxygen atoms in total. The van der Waals surface area contributed by atoms with Crippen LogP contribution in [0.1, 0.15) is 18.1 Å². The molecular weight excluding hydrogens is 328 g/mol. The molecule has 0 aromatic heterocycles. The van der Waals surface area contributed by atoms with Crippen molar-refractivity contribution in [3.05, 3.63) is 58.6 Å². The van der Waals surface area contributed by atoms with Gasteiger partial charge in [-0.15, -0.1) is 0 Å². The Morgan fingerprint density at radius 2 is 1.88 bits per heavy atom. The fourth-order valence-corrected chi connectivity index (χ4v) is 2.00. The molecule has 0 radical (unpaired) electrons. The van der Waals surface area contributed by atoms with Crippen molar-refractivity contribution in [3.63, 3.8) is 0 Å². The van der Waals surface area contributed by atoms with Gasteiger partial charge < -0.3 is 9.47 Å². The van der Waals surface area contributed by atoms with Crippen molar-refractivity contribution in [1.29, 1.82) is 0 Å². The molecule has 0 fully saturated rings. The predicted octanol–water partition coefficient (Wildman–Crippen LogP) is 3.58. The Morgan fingerprint density at radius 1 is 1.17 bits per heavy atom. The van der Waals surface area contributed by atoms with Crippen molar-refractivity contribution in [2.75, 3.05) is 13.2 Å². The number of carbonyl (C=O) groups is 1. The second-order valence-electron chi connectivity index (χ2n) is 4.99. The summed E-state index contributed by atoms with van der Waals surface area (Å²) in [6, 6.07) is 12.6. The average Bonchev–Trinajstić information content (AvgIpc) is 2.58. The van der Waals surface area contributed by atoms with E-state index in [1.54, 1.807) is 24.4 Å². The molecule has 2 rings (SSSR count). The van der Waals surface area contributed by atoms with Crippen LogP contribution in [0.5, 0.6) is 11.5 Å². The van der Waals surface area contributed by atoms with Crippen LogP contribution in [0, 0.1) is 6.92 Å². The van der Waals surface area contributed by atoms with Gasteiger partial charge in [0.2, 0.25) is 0 Å². The summed E-state index contributed by atoms with van der Waals surface area (Å²) in [4.78, 5) is 11.7. The molecular formula is C18H19ClN2O3. The maximum absolute atomic E-state index is 11.7. The first-order valence-corrected chi connectivity index (χ1v) is 7.90. The fourth-order valence-electron chi connectivity index (χ4n) is 1.88. The van der Waals surface area contributed by atoms with Gasteiger partial charge in [-0.25, -0.2) is 5.43 Å². The number of halogens is 1. The van der Waals surface area contributed by atoms with Crippen LogP contribution in [0.15, 0.2) is 47.6 Å². The molecule has 0 aliphatic heterocycles. The van der Waals surface area contributed by atoms with Crippen molar-refractivity contribution in [2.24, 2.45) is 5.10 Å². The van der Waals surface area contributed by atoms with Gasteiger partial charge in [-0.2, -0.15) is 5.10 Å². The van der Waals surface area contributed by atoms with Crippen LogP contribution in [0.4, 0.5) is 0 Å². The molecule has 1 amide bonds. The first-order valence-electron chi connectivity index (χ1n) is 7.52. The molecule has 24 heavy (non-hydrogen) atoms. The Balaban J connectivity index is 1.78. The van der Waals surface area contributed by atoms with Crippen LogP contribution in [0.25, 0.3) is 0 Å². The molecule has 2 aromatic carbocycles. The molecule has 2 aromatic rings. The van der Waals surface area contributed by atoms with Crippen molar-refractivity contribution in [2.45, 2.75) is 13.8 Å². The fraction of sp³-hybridized carbons (Fsp3) is 0.222. The molecule has 0 spiro atoms. The smallest absolute Gasteiger partial charge is 0.277 e. The zero-order valence-corrected chi connectivity index (χ0v) is 14.3. The topological polar surface area (TPSA) is 59.9 Å². The second-order valence-corrected chi connectivity index (χ2v) is 5.40.